The molecule has 0 saturated heterocycles. The molecule has 0 heterocycles. The summed E-state index contributed by atoms with van der Waals surface area (Å²) in [5, 5.41) is 10.9. The number of ketones is 1. The number of ether oxygens (including phenoxy) is 2. The van der Waals surface area contributed by atoms with Gasteiger partial charge in [0.2, 0.25) is 0 Å². The lowest BCUT2D eigenvalue weighted by Gasteiger charge is -2.28. The molecule has 1 aliphatic carbocycles. The van der Waals surface area contributed by atoms with E-state index in [1.54, 1.807) is 0 Å². The van der Waals surface area contributed by atoms with Crippen LogP contribution in [-0.4, -0.2) is 43.0 Å². The first kappa shape index (κ1) is 12.6. The van der Waals surface area contributed by atoms with Crippen LogP contribution >= 0.6 is 0 Å². The summed E-state index contributed by atoms with van der Waals surface area (Å²) in [5.74, 6) is -2.01. The highest BCUT2D eigenvalue weighted by Gasteiger charge is 2.49. The van der Waals surface area contributed by atoms with Gasteiger partial charge in [-0.2, -0.15) is 0 Å². The maximum Gasteiger partial charge on any atom is 0.316 e. The van der Waals surface area contributed by atoms with E-state index in [-0.39, 0.29) is 18.6 Å². The monoisotopic (exact) mass is 231 g/mol. The first-order valence-corrected chi connectivity index (χ1v) is 4.77. The van der Waals surface area contributed by atoms with Gasteiger partial charge in [0, 0.05) is 24.9 Å². The Morgan fingerprint density at radius 3 is 2.50 bits per heavy atom. The fourth-order valence-electron chi connectivity index (χ4n) is 1.93. The lowest BCUT2D eigenvalue weighted by Crippen LogP contribution is -2.50. The minimum Gasteiger partial charge on any atom is -0.469 e. The topological polar surface area (TPSA) is 95.7 Å². The molecule has 0 N–H and O–H groups in total. The van der Waals surface area contributed by atoms with E-state index in [4.69, 9.17) is 4.74 Å². The summed E-state index contributed by atoms with van der Waals surface area (Å²) < 4.78 is 9.35. The maximum absolute atomic E-state index is 11.4. The summed E-state index contributed by atoms with van der Waals surface area (Å²) in [6.45, 7) is 0. The predicted molar refractivity (Wildman–Crippen MR) is 51.3 cm³/mol. The third kappa shape index (κ3) is 2.35. The molecule has 3 atom stereocenters. The second kappa shape index (κ2) is 5.02. The highest BCUT2D eigenvalue weighted by Crippen LogP contribution is 2.27. The largest absolute Gasteiger partial charge is 0.469 e. The SMILES string of the molecule is COC(=O)[C@H]1CC(=O)C[C@@H](OC)[C@@H]1[N+](=O)[O-]. The van der Waals surface area contributed by atoms with Crippen molar-refractivity contribution in [3.63, 3.8) is 0 Å². The van der Waals surface area contributed by atoms with Crippen LogP contribution in [0.2, 0.25) is 0 Å². The number of hydrogen-bond donors (Lipinski definition) is 0. The molecule has 7 heteroatoms. The first-order valence-electron chi connectivity index (χ1n) is 4.77. The minimum atomic E-state index is -1.21. The Bertz CT molecular complexity index is 315. The van der Waals surface area contributed by atoms with Gasteiger partial charge in [0.05, 0.1) is 7.11 Å². The molecule has 0 aromatic heterocycles. The maximum atomic E-state index is 11.4. The molecule has 1 saturated carbocycles. The Hall–Kier alpha value is -1.50. The highest BCUT2D eigenvalue weighted by molar-refractivity contribution is 5.86. The Balaban J connectivity index is 2.96. The van der Waals surface area contributed by atoms with Crippen molar-refractivity contribution in [1.29, 1.82) is 0 Å². The number of Topliss-reactive ketones (excluding diaryl/α,β-unsaturated/α-hetero) is 1. The number of nitrogens with zero attached hydrogens (tertiary/aromatic N) is 1. The number of nitro groups is 1. The quantitative estimate of drug-likeness (QED) is 0.379. The molecule has 0 aromatic carbocycles. The highest BCUT2D eigenvalue weighted by atomic mass is 16.6. The van der Waals surface area contributed by atoms with Gasteiger partial charge in [0.15, 0.2) is 0 Å². The molecular weight excluding hydrogens is 218 g/mol. The van der Waals surface area contributed by atoms with Crippen LogP contribution < -0.4 is 0 Å². The van der Waals surface area contributed by atoms with Crippen LogP contribution in [0.1, 0.15) is 12.8 Å². The summed E-state index contributed by atoms with van der Waals surface area (Å²) in [5.41, 5.74) is 0. The molecule has 0 unspecified atom stereocenters. The van der Waals surface area contributed by atoms with Gasteiger partial charge in [-0.1, -0.05) is 0 Å². The Morgan fingerprint density at radius 2 is 2.06 bits per heavy atom. The van der Waals surface area contributed by atoms with Gasteiger partial charge in [-0.3, -0.25) is 19.7 Å². The third-order valence-electron chi connectivity index (χ3n) is 2.72. The zero-order valence-corrected chi connectivity index (χ0v) is 9.04. The van der Waals surface area contributed by atoms with Gasteiger partial charge in [-0.25, -0.2) is 0 Å². The Kier molecular flexibility index (Phi) is 3.94. The molecule has 0 radical (unpaired) electrons. The Labute approximate surface area is 91.9 Å². The zero-order valence-electron chi connectivity index (χ0n) is 9.04. The summed E-state index contributed by atoms with van der Waals surface area (Å²) in [7, 11) is 2.42. The summed E-state index contributed by atoms with van der Waals surface area (Å²) >= 11 is 0. The van der Waals surface area contributed by atoms with Crippen LogP contribution in [0.4, 0.5) is 0 Å². The summed E-state index contributed by atoms with van der Waals surface area (Å²) in [6.07, 6.45) is -1.05. The predicted octanol–water partition coefficient (Wildman–Crippen LogP) is -0.201. The van der Waals surface area contributed by atoms with Gasteiger partial charge in [-0.15, -0.1) is 0 Å². The minimum absolute atomic E-state index is 0.0321. The Morgan fingerprint density at radius 1 is 1.44 bits per heavy atom. The van der Waals surface area contributed by atoms with Crippen molar-refractivity contribution in [3.8, 4) is 0 Å². The molecule has 1 fully saturated rings. The standard InChI is InChI=1S/C9H13NO6/c1-15-7-4-5(11)3-6(9(12)16-2)8(7)10(13)14/h6-8H,3-4H2,1-2H3/t6-,7+,8+/m0/s1. The third-order valence-corrected chi connectivity index (χ3v) is 2.72. The van der Waals surface area contributed by atoms with Crippen molar-refractivity contribution < 1.29 is 24.0 Å². The van der Waals surface area contributed by atoms with Gasteiger partial charge in [-0.05, 0) is 0 Å². The van der Waals surface area contributed by atoms with E-state index in [1.807, 2.05) is 0 Å². The number of carbonyl (C=O) groups excluding carboxylic acids is 2. The molecule has 0 amide bonds. The van der Waals surface area contributed by atoms with Crippen LogP contribution in [0, 0.1) is 16.0 Å². The molecular formula is C9H13NO6. The van der Waals surface area contributed by atoms with Crippen LogP contribution in [0.25, 0.3) is 0 Å². The van der Waals surface area contributed by atoms with Crippen LogP contribution in [-0.2, 0) is 19.1 Å². The fraction of sp³-hybridized carbons (Fsp3) is 0.778. The van der Waals surface area contributed by atoms with Gasteiger partial charge in [0.25, 0.3) is 6.04 Å². The van der Waals surface area contributed by atoms with Gasteiger partial charge in [0.1, 0.15) is 17.8 Å². The fourth-order valence-corrected chi connectivity index (χ4v) is 1.93. The molecule has 1 rings (SSSR count). The van der Waals surface area contributed by atoms with Crippen molar-refractivity contribution in [2.45, 2.75) is 25.0 Å². The molecule has 0 aromatic rings. The lowest BCUT2D eigenvalue weighted by atomic mass is 9.82. The van der Waals surface area contributed by atoms with E-state index in [0.29, 0.717) is 0 Å². The van der Waals surface area contributed by atoms with Crippen molar-refractivity contribution in [2.75, 3.05) is 14.2 Å². The van der Waals surface area contributed by atoms with Crippen LogP contribution in [0.3, 0.4) is 0 Å². The number of carbonyl (C=O) groups is 2. The molecule has 16 heavy (non-hydrogen) atoms. The summed E-state index contributed by atoms with van der Waals surface area (Å²) in [4.78, 5) is 33.0. The van der Waals surface area contributed by atoms with E-state index >= 15 is 0 Å². The smallest absolute Gasteiger partial charge is 0.316 e. The number of hydrogen-bond acceptors (Lipinski definition) is 6. The summed E-state index contributed by atoms with van der Waals surface area (Å²) in [6, 6.07) is -1.21. The molecule has 0 bridgehead atoms. The van der Waals surface area contributed by atoms with E-state index in [0.717, 1.165) is 7.11 Å². The molecule has 7 nitrogen and oxygen atoms in total. The zero-order chi connectivity index (χ0) is 12.3. The van der Waals surface area contributed by atoms with E-state index in [2.05, 4.69) is 4.74 Å². The lowest BCUT2D eigenvalue weighted by molar-refractivity contribution is -0.543. The average molecular weight is 231 g/mol. The average Bonchev–Trinajstić information content (AvgIpc) is 2.26. The second-order valence-electron chi connectivity index (χ2n) is 3.63. The molecule has 90 valence electrons. The molecule has 0 spiro atoms. The van der Waals surface area contributed by atoms with E-state index < -0.39 is 29.0 Å². The number of methoxy groups -OCH3 is 2. The number of esters is 1. The van der Waals surface area contributed by atoms with E-state index in [9.17, 15) is 19.7 Å². The number of rotatable bonds is 3. The van der Waals surface area contributed by atoms with Crippen molar-refractivity contribution in [1.82, 2.24) is 0 Å². The van der Waals surface area contributed by atoms with Crippen LogP contribution in [0.15, 0.2) is 0 Å². The van der Waals surface area contributed by atoms with Crippen LogP contribution in [0.5, 0.6) is 0 Å². The van der Waals surface area contributed by atoms with Gasteiger partial charge < -0.3 is 9.47 Å². The normalized spacial score (nSPS) is 29.9. The van der Waals surface area contributed by atoms with Gasteiger partial charge >= 0.3 is 5.97 Å². The van der Waals surface area contributed by atoms with E-state index in [1.165, 1.54) is 7.11 Å². The van der Waals surface area contributed by atoms with Crippen molar-refractivity contribution in [2.24, 2.45) is 5.92 Å². The molecule has 1 aliphatic rings. The second-order valence-corrected chi connectivity index (χ2v) is 3.63. The first-order chi connectivity index (χ1) is 7.51. The van der Waals surface area contributed by atoms with Crippen molar-refractivity contribution in [3.05, 3.63) is 10.1 Å². The van der Waals surface area contributed by atoms with Crippen molar-refractivity contribution >= 4 is 11.8 Å². The molecule has 0 aliphatic heterocycles.